The molecule has 2 rings (SSSR count). The Morgan fingerprint density at radius 3 is 2.80 bits per heavy atom. The minimum absolute atomic E-state index is 0.351. The second-order valence-corrected chi connectivity index (χ2v) is 5.82. The lowest BCUT2D eigenvalue weighted by Crippen LogP contribution is -2.00. The van der Waals surface area contributed by atoms with Crippen molar-refractivity contribution < 1.29 is 9.47 Å². The molecule has 1 aromatic heterocycles. The van der Waals surface area contributed by atoms with Crippen molar-refractivity contribution in [3.8, 4) is 11.5 Å². The zero-order chi connectivity index (χ0) is 14.5. The summed E-state index contributed by atoms with van der Waals surface area (Å²) in [5.41, 5.74) is 1.98. The molecule has 1 heterocycles. The van der Waals surface area contributed by atoms with Gasteiger partial charge in [-0.15, -0.1) is 0 Å². The third-order valence-corrected chi connectivity index (χ3v) is 4.25. The van der Waals surface area contributed by atoms with E-state index in [-0.39, 0.29) is 0 Å². The maximum Gasteiger partial charge on any atom is 0.175 e. The van der Waals surface area contributed by atoms with Crippen LogP contribution in [0.4, 0.5) is 0 Å². The van der Waals surface area contributed by atoms with Gasteiger partial charge in [0, 0.05) is 23.3 Å². The molecule has 20 heavy (non-hydrogen) atoms. The van der Waals surface area contributed by atoms with Crippen LogP contribution in [0.25, 0.3) is 0 Å². The summed E-state index contributed by atoms with van der Waals surface area (Å²) in [4.78, 5) is 3.95. The van der Waals surface area contributed by atoms with Crippen LogP contribution in [-0.4, -0.2) is 12.1 Å². The number of pyridine rings is 1. The highest BCUT2D eigenvalue weighted by molar-refractivity contribution is 9.10. The standard InChI is InChI=1S/C14H12Br2ClNO2/c1-19-13-5-9(6-15)4-11(16)14(13)20-8-10-2-3-18-7-12(10)17/h2-5,7H,6,8H2,1H3. The highest BCUT2D eigenvalue weighted by atomic mass is 79.9. The van der Waals surface area contributed by atoms with E-state index in [0.717, 1.165) is 20.9 Å². The molecule has 0 amide bonds. The molecule has 0 bridgehead atoms. The van der Waals surface area contributed by atoms with Gasteiger partial charge in [-0.1, -0.05) is 27.5 Å². The van der Waals surface area contributed by atoms with Crippen LogP contribution >= 0.6 is 43.5 Å². The average Bonchev–Trinajstić information content (AvgIpc) is 2.46. The predicted octanol–water partition coefficient (Wildman–Crippen LogP) is 4.98. The molecular formula is C14H12Br2ClNO2. The Hall–Kier alpha value is -0.780. The summed E-state index contributed by atoms with van der Waals surface area (Å²) >= 11 is 13.0. The van der Waals surface area contributed by atoms with Gasteiger partial charge < -0.3 is 9.47 Å². The molecular weight excluding hydrogens is 409 g/mol. The van der Waals surface area contributed by atoms with Crippen LogP contribution in [0.3, 0.4) is 0 Å². The fourth-order valence-corrected chi connectivity index (χ4v) is 2.76. The van der Waals surface area contributed by atoms with E-state index >= 15 is 0 Å². The van der Waals surface area contributed by atoms with E-state index in [4.69, 9.17) is 21.1 Å². The van der Waals surface area contributed by atoms with Gasteiger partial charge in [0.25, 0.3) is 0 Å². The Kier molecular flexibility index (Phi) is 5.69. The highest BCUT2D eigenvalue weighted by Gasteiger charge is 2.12. The van der Waals surface area contributed by atoms with E-state index in [0.29, 0.717) is 23.1 Å². The van der Waals surface area contributed by atoms with Crippen LogP contribution < -0.4 is 9.47 Å². The van der Waals surface area contributed by atoms with Gasteiger partial charge in [0.2, 0.25) is 0 Å². The second-order valence-electron chi connectivity index (χ2n) is 4.00. The van der Waals surface area contributed by atoms with Gasteiger partial charge in [-0.05, 0) is 39.7 Å². The highest BCUT2D eigenvalue weighted by Crippen LogP contribution is 2.37. The van der Waals surface area contributed by atoms with Crippen LogP contribution in [-0.2, 0) is 11.9 Å². The van der Waals surface area contributed by atoms with Crippen molar-refractivity contribution in [2.45, 2.75) is 11.9 Å². The van der Waals surface area contributed by atoms with Gasteiger partial charge in [0.15, 0.2) is 11.5 Å². The average molecular weight is 422 g/mol. The topological polar surface area (TPSA) is 31.4 Å². The molecule has 0 aliphatic rings. The summed E-state index contributed by atoms with van der Waals surface area (Å²) in [6.07, 6.45) is 3.28. The maximum absolute atomic E-state index is 6.06. The van der Waals surface area contributed by atoms with Crippen LogP contribution in [0.1, 0.15) is 11.1 Å². The number of aromatic nitrogens is 1. The van der Waals surface area contributed by atoms with E-state index in [1.165, 1.54) is 0 Å². The van der Waals surface area contributed by atoms with Crippen molar-refractivity contribution in [3.05, 3.63) is 51.2 Å². The molecule has 0 N–H and O–H groups in total. The number of halogens is 3. The molecule has 0 spiro atoms. The van der Waals surface area contributed by atoms with Gasteiger partial charge >= 0.3 is 0 Å². The molecule has 0 fully saturated rings. The number of alkyl halides is 1. The Balaban J connectivity index is 2.23. The van der Waals surface area contributed by atoms with Gasteiger partial charge in [-0.3, -0.25) is 4.98 Å². The van der Waals surface area contributed by atoms with Gasteiger partial charge in [0.1, 0.15) is 6.61 Å². The zero-order valence-corrected chi connectivity index (χ0v) is 14.6. The Labute approximate surface area is 139 Å². The van der Waals surface area contributed by atoms with Crippen molar-refractivity contribution in [1.82, 2.24) is 4.98 Å². The molecule has 0 aliphatic heterocycles. The first-order valence-corrected chi connectivity index (χ1v) is 8.08. The van der Waals surface area contributed by atoms with E-state index in [1.54, 1.807) is 19.5 Å². The molecule has 0 saturated heterocycles. The summed E-state index contributed by atoms with van der Waals surface area (Å²) in [5.74, 6) is 1.34. The van der Waals surface area contributed by atoms with E-state index in [1.807, 2.05) is 18.2 Å². The molecule has 0 unspecified atom stereocenters. The fourth-order valence-electron chi connectivity index (χ4n) is 1.66. The normalized spacial score (nSPS) is 10.4. The van der Waals surface area contributed by atoms with E-state index in [9.17, 15) is 0 Å². The number of methoxy groups -OCH3 is 1. The summed E-state index contributed by atoms with van der Waals surface area (Å²) in [6, 6.07) is 5.75. The molecule has 106 valence electrons. The molecule has 1 aromatic carbocycles. The largest absolute Gasteiger partial charge is 0.493 e. The monoisotopic (exact) mass is 419 g/mol. The predicted molar refractivity (Wildman–Crippen MR) is 86.9 cm³/mol. The second kappa shape index (κ2) is 7.29. The number of rotatable bonds is 5. The summed E-state index contributed by atoms with van der Waals surface area (Å²) in [6.45, 7) is 0.351. The molecule has 0 aliphatic carbocycles. The Morgan fingerprint density at radius 2 is 2.15 bits per heavy atom. The van der Waals surface area contributed by atoms with Gasteiger partial charge in [0.05, 0.1) is 16.6 Å². The number of benzene rings is 1. The lowest BCUT2D eigenvalue weighted by atomic mass is 10.2. The lowest BCUT2D eigenvalue weighted by Gasteiger charge is -2.14. The SMILES string of the molecule is COc1cc(CBr)cc(Br)c1OCc1ccncc1Cl. The Morgan fingerprint density at radius 1 is 1.35 bits per heavy atom. The van der Waals surface area contributed by atoms with Crippen LogP contribution in [0.5, 0.6) is 11.5 Å². The zero-order valence-electron chi connectivity index (χ0n) is 10.7. The Bertz CT molecular complexity index is 608. The summed E-state index contributed by atoms with van der Waals surface area (Å²) in [7, 11) is 1.62. The van der Waals surface area contributed by atoms with Crippen LogP contribution in [0.2, 0.25) is 5.02 Å². The molecule has 0 radical (unpaired) electrons. The molecule has 2 aromatic rings. The van der Waals surface area contributed by atoms with Gasteiger partial charge in [-0.2, -0.15) is 0 Å². The summed E-state index contributed by atoms with van der Waals surface area (Å²) < 4.78 is 12.0. The van der Waals surface area contributed by atoms with Crippen LogP contribution in [0.15, 0.2) is 35.1 Å². The van der Waals surface area contributed by atoms with Crippen molar-refractivity contribution in [3.63, 3.8) is 0 Å². The fraction of sp³-hybridized carbons (Fsp3) is 0.214. The minimum Gasteiger partial charge on any atom is -0.493 e. The number of nitrogens with zero attached hydrogens (tertiary/aromatic N) is 1. The number of ether oxygens (including phenoxy) is 2. The third-order valence-electron chi connectivity index (χ3n) is 2.67. The molecule has 3 nitrogen and oxygen atoms in total. The first-order chi connectivity index (χ1) is 9.65. The van der Waals surface area contributed by atoms with Gasteiger partial charge in [-0.25, -0.2) is 0 Å². The van der Waals surface area contributed by atoms with E-state index < -0.39 is 0 Å². The maximum atomic E-state index is 6.06. The lowest BCUT2D eigenvalue weighted by molar-refractivity contribution is 0.282. The van der Waals surface area contributed by atoms with Crippen molar-refractivity contribution in [2.75, 3.05) is 7.11 Å². The summed E-state index contributed by atoms with van der Waals surface area (Å²) in [5, 5.41) is 1.33. The quantitative estimate of drug-likeness (QED) is 0.638. The first-order valence-electron chi connectivity index (χ1n) is 5.79. The van der Waals surface area contributed by atoms with Crippen molar-refractivity contribution in [1.29, 1.82) is 0 Å². The van der Waals surface area contributed by atoms with Crippen LogP contribution in [0, 0.1) is 0 Å². The van der Waals surface area contributed by atoms with Crippen molar-refractivity contribution >= 4 is 43.5 Å². The smallest absolute Gasteiger partial charge is 0.175 e. The number of hydrogen-bond donors (Lipinski definition) is 0. The minimum atomic E-state index is 0.351. The molecule has 6 heteroatoms. The molecule has 0 atom stereocenters. The first kappa shape index (κ1) is 15.6. The number of hydrogen-bond acceptors (Lipinski definition) is 3. The van der Waals surface area contributed by atoms with E-state index in [2.05, 4.69) is 36.8 Å². The molecule has 0 saturated carbocycles. The van der Waals surface area contributed by atoms with Crippen molar-refractivity contribution in [2.24, 2.45) is 0 Å². The third kappa shape index (κ3) is 3.65.